The molecule has 0 bridgehead atoms. The average molecular weight is 409 g/mol. The van der Waals surface area contributed by atoms with Crippen molar-refractivity contribution in [1.82, 2.24) is 20.1 Å². The quantitative estimate of drug-likeness (QED) is 0.825. The number of hydrogen-bond donors (Lipinski definition) is 1. The SMILES string of the molecule is O=C(CNC(=O)N1CCN(c2ccccn2)CC1)N1CCN(c2ccccc2)CC1. The van der Waals surface area contributed by atoms with Crippen molar-refractivity contribution in [2.24, 2.45) is 0 Å². The molecular weight excluding hydrogens is 380 g/mol. The number of urea groups is 1. The van der Waals surface area contributed by atoms with Crippen molar-refractivity contribution in [3.8, 4) is 0 Å². The lowest BCUT2D eigenvalue weighted by molar-refractivity contribution is -0.130. The second-order valence-electron chi connectivity index (χ2n) is 7.52. The minimum Gasteiger partial charge on any atom is -0.368 e. The summed E-state index contributed by atoms with van der Waals surface area (Å²) in [5.74, 6) is 0.908. The average Bonchev–Trinajstić information content (AvgIpc) is 2.83. The Balaban J connectivity index is 1.18. The minimum atomic E-state index is -0.174. The van der Waals surface area contributed by atoms with E-state index in [1.54, 1.807) is 11.1 Å². The number of para-hydroxylation sites is 1. The van der Waals surface area contributed by atoms with Gasteiger partial charge in [0.15, 0.2) is 0 Å². The van der Waals surface area contributed by atoms with Crippen LogP contribution in [0.15, 0.2) is 54.7 Å². The first-order valence-corrected chi connectivity index (χ1v) is 10.5. The van der Waals surface area contributed by atoms with Crippen LogP contribution in [0.5, 0.6) is 0 Å². The first-order valence-electron chi connectivity index (χ1n) is 10.5. The second kappa shape index (κ2) is 9.47. The highest BCUT2D eigenvalue weighted by Gasteiger charge is 2.24. The molecule has 3 amide bonds. The standard InChI is InChI=1S/C22H28N6O2/c29-21(27-14-10-25(11-15-27)19-6-2-1-3-7-19)18-24-22(30)28-16-12-26(13-17-28)20-8-4-5-9-23-20/h1-9H,10-18H2,(H,24,30). The molecule has 0 radical (unpaired) electrons. The zero-order valence-corrected chi connectivity index (χ0v) is 17.1. The number of nitrogens with zero attached hydrogens (tertiary/aromatic N) is 5. The Morgan fingerprint density at radius 2 is 1.40 bits per heavy atom. The van der Waals surface area contributed by atoms with E-state index in [4.69, 9.17) is 0 Å². The fraction of sp³-hybridized carbons (Fsp3) is 0.409. The Hall–Kier alpha value is -3.29. The predicted molar refractivity (Wildman–Crippen MR) is 117 cm³/mol. The highest BCUT2D eigenvalue weighted by molar-refractivity contribution is 5.84. The van der Waals surface area contributed by atoms with Crippen molar-refractivity contribution in [3.05, 3.63) is 54.7 Å². The lowest BCUT2D eigenvalue weighted by Crippen LogP contribution is -2.55. The van der Waals surface area contributed by atoms with Gasteiger partial charge in [0.1, 0.15) is 5.82 Å². The number of hydrogen-bond acceptors (Lipinski definition) is 5. The van der Waals surface area contributed by atoms with E-state index in [2.05, 4.69) is 32.2 Å². The highest BCUT2D eigenvalue weighted by atomic mass is 16.2. The number of pyridine rings is 1. The monoisotopic (exact) mass is 408 g/mol. The van der Waals surface area contributed by atoms with Gasteiger partial charge in [0.2, 0.25) is 5.91 Å². The number of benzene rings is 1. The molecule has 8 nitrogen and oxygen atoms in total. The van der Waals surface area contributed by atoms with Crippen LogP contribution in [-0.4, -0.2) is 85.6 Å². The number of anilines is 2. The van der Waals surface area contributed by atoms with Gasteiger partial charge in [-0.3, -0.25) is 4.79 Å². The van der Waals surface area contributed by atoms with Crippen LogP contribution in [0, 0.1) is 0 Å². The molecule has 1 aromatic heterocycles. The van der Waals surface area contributed by atoms with Crippen molar-refractivity contribution < 1.29 is 9.59 Å². The molecule has 0 spiro atoms. The summed E-state index contributed by atoms with van der Waals surface area (Å²) in [6.45, 7) is 5.71. The smallest absolute Gasteiger partial charge is 0.317 e. The fourth-order valence-electron chi connectivity index (χ4n) is 3.91. The summed E-state index contributed by atoms with van der Waals surface area (Å²) in [7, 11) is 0. The topological polar surface area (TPSA) is 72.0 Å². The van der Waals surface area contributed by atoms with E-state index in [-0.39, 0.29) is 18.5 Å². The number of carbonyl (C=O) groups is 2. The number of rotatable bonds is 4. The zero-order chi connectivity index (χ0) is 20.8. The Morgan fingerprint density at radius 3 is 2.07 bits per heavy atom. The van der Waals surface area contributed by atoms with Gasteiger partial charge in [0, 0.05) is 64.2 Å². The van der Waals surface area contributed by atoms with Gasteiger partial charge in [-0.25, -0.2) is 9.78 Å². The third-order valence-corrected chi connectivity index (χ3v) is 5.68. The number of aromatic nitrogens is 1. The third kappa shape index (κ3) is 4.82. The first-order chi connectivity index (χ1) is 14.7. The van der Waals surface area contributed by atoms with Gasteiger partial charge >= 0.3 is 6.03 Å². The summed E-state index contributed by atoms with van der Waals surface area (Å²) in [5.41, 5.74) is 1.18. The Bertz CT molecular complexity index is 760. The number of amides is 3. The van der Waals surface area contributed by atoms with Gasteiger partial charge in [0.25, 0.3) is 0 Å². The van der Waals surface area contributed by atoms with Crippen molar-refractivity contribution in [2.75, 3.05) is 68.7 Å². The van der Waals surface area contributed by atoms with E-state index in [9.17, 15) is 9.59 Å². The van der Waals surface area contributed by atoms with Crippen molar-refractivity contribution >= 4 is 23.4 Å². The van der Waals surface area contributed by atoms with Gasteiger partial charge in [-0.05, 0) is 24.3 Å². The molecule has 0 unspecified atom stereocenters. The van der Waals surface area contributed by atoms with E-state index in [1.165, 1.54) is 5.69 Å². The van der Waals surface area contributed by atoms with E-state index in [0.29, 0.717) is 26.2 Å². The molecule has 2 fully saturated rings. The van der Waals surface area contributed by atoms with Crippen molar-refractivity contribution in [2.45, 2.75) is 0 Å². The summed E-state index contributed by atoms with van der Waals surface area (Å²) < 4.78 is 0. The summed E-state index contributed by atoms with van der Waals surface area (Å²) in [5, 5.41) is 2.79. The van der Waals surface area contributed by atoms with Crippen LogP contribution in [0.2, 0.25) is 0 Å². The molecule has 0 aliphatic carbocycles. The van der Waals surface area contributed by atoms with Crippen LogP contribution in [0.1, 0.15) is 0 Å². The summed E-state index contributed by atoms with van der Waals surface area (Å²) in [4.78, 5) is 37.4. The van der Waals surface area contributed by atoms with Crippen LogP contribution in [0.4, 0.5) is 16.3 Å². The molecule has 1 aromatic carbocycles. The Labute approximate surface area is 177 Å². The summed E-state index contributed by atoms with van der Waals surface area (Å²) >= 11 is 0. The van der Waals surface area contributed by atoms with E-state index in [0.717, 1.165) is 32.0 Å². The third-order valence-electron chi connectivity index (χ3n) is 5.68. The summed E-state index contributed by atoms with van der Waals surface area (Å²) in [6, 6.07) is 15.9. The van der Waals surface area contributed by atoms with Crippen LogP contribution in [0.25, 0.3) is 0 Å². The van der Waals surface area contributed by atoms with Crippen LogP contribution in [-0.2, 0) is 4.79 Å². The molecule has 1 N–H and O–H groups in total. The lowest BCUT2D eigenvalue weighted by atomic mass is 10.2. The molecule has 4 rings (SSSR count). The van der Waals surface area contributed by atoms with Crippen molar-refractivity contribution in [1.29, 1.82) is 0 Å². The first kappa shape index (κ1) is 20.0. The molecule has 2 aliphatic heterocycles. The van der Waals surface area contributed by atoms with E-state index < -0.39 is 0 Å². The van der Waals surface area contributed by atoms with E-state index >= 15 is 0 Å². The molecule has 0 saturated carbocycles. The van der Waals surface area contributed by atoms with Gasteiger partial charge in [-0.2, -0.15) is 0 Å². The molecular formula is C22H28N6O2. The second-order valence-corrected chi connectivity index (χ2v) is 7.52. The zero-order valence-electron chi connectivity index (χ0n) is 17.1. The Kier molecular flexibility index (Phi) is 6.32. The van der Waals surface area contributed by atoms with Crippen LogP contribution < -0.4 is 15.1 Å². The van der Waals surface area contributed by atoms with Gasteiger partial charge in [-0.1, -0.05) is 24.3 Å². The summed E-state index contributed by atoms with van der Waals surface area (Å²) in [6.07, 6.45) is 1.78. The molecule has 158 valence electrons. The van der Waals surface area contributed by atoms with E-state index in [1.807, 2.05) is 41.3 Å². The van der Waals surface area contributed by atoms with Gasteiger partial charge in [-0.15, -0.1) is 0 Å². The highest BCUT2D eigenvalue weighted by Crippen LogP contribution is 2.15. The molecule has 2 aliphatic rings. The molecule has 2 saturated heterocycles. The minimum absolute atomic E-state index is 0.0248. The molecule has 3 heterocycles. The largest absolute Gasteiger partial charge is 0.368 e. The van der Waals surface area contributed by atoms with Crippen LogP contribution in [0.3, 0.4) is 0 Å². The normalized spacial score (nSPS) is 17.1. The van der Waals surface area contributed by atoms with Crippen LogP contribution >= 0.6 is 0 Å². The lowest BCUT2D eigenvalue weighted by Gasteiger charge is -2.37. The number of nitrogens with one attached hydrogen (secondary N) is 1. The predicted octanol–water partition coefficient (Wildman–Crippen LogP) is 1.26. The number of piperazine rings is 2. The molecule has 8 heteroatoms. The maximum Gasteiger partial charge on any atom is 0.317 e. The molecule has 30 heavy (non-hydrogen) atoms. The number of carbonyl (C=O) groups excluding carboxylic acids is 2. The fourth-order valence-corrected chi connectivity index (χ4v) is 3.91. The molecule has 0 atom stereocenters. The van der Waals surface area contributed by atoms with Gasteiger partial charge < -0.3 is 24.9 Å². The maximum atomic E-state index is 12.5. The van der Waals surface area contributed by atoms with Gasteiger partial charge in [0.05, 0.1) is 6.54 Å². The Morgan fingerprint density at radius 1 is 0.767 bits per heavy atom. The molecule has 2 aromatic rings. The maximum absolute atomic E-state index is 12.5. The van der Waals surface area contributed by atoms with Crippen molar-refractivity contribution in [3.63, 3.8) is 0 Å².